The third-order valence-corrected chi connectivity index (χ3v) is 5.08. The van der Waals surface area contributed by atoms with Crippen LogP contribution in [0.2, 0.25) is 0 Å². The van der Waals surface area contributed by atoms with Crippen LogP contribution < -0.4 is 0 Å². The summed E-state index contributed by atoms with van der Waals surface area (Å²) in [5.74, 6) is 0. The Bertz CT molecular complexity index is 352. The molecule has 2 unspecified atom stereocenters. The number of halogens is 1. The fourth-order valence-electron chi connectivity index (χ4n) is 2.46. The van der Waals surface area contributed by atoms with E-state index >= 15 is 0 Å². The minimum atomic E-state index is 0.927. The normalized spacial score (nSPS) is 29.9. The quantitative estimate of drug-likeness (QED) is 0.821. The van der Waals surface area contributed by atoms with Crippen LogP contribution in [-0.4, -0.2) is 28.5 Å². The zero-order chi connectivity index (χ0) is 10.3. The predicted molar refractivity (Wildman–Crippen MR) is 69.2 cm³/mol. The summed E-state index contributed by atoms with van der Waals surface area (Å²) in [5, 5.41) is 1.85. The van der Waals surface area contributed by atoms with Crippen LogP contribution in [0.15, 0.2) is 28.7 Å². The fraction of sp³-hybridized carbons (Fsp3) is 0.500. The molecule has 1 aromatic rings. The second kappa shape index (κ2) is 4.11. The van der Waals surface area contributed by atoms with Gasteiger partial charge in [0.2, 0.25) is 0 Å². The summed E-state index contributed by atoms with van der Waals surface area (Å²) in [4.78, 5) is 2.59. The lowest BCUT2D eigenvalue weighted by molar-refractivity contribution is 0.215. The molecule has 3 saturated heterocycles. The second-order valence-corrected chi connectivity index (χ2v) is 6.96. The van der Waals surface area contributed by atoms with E-state index < -0.39 is 0 Å². The Hall–Kier alpha value is 0.01000. The number of piperidine rings is 1. The fourth-order valence-corrected chi connectivity index (χ4v) is 4.38. The Kier molecular flexibility index (Phi) is 2.79. The van der Waals surface area contributed by atoms with Gasteiger partial charge >= 0.3 is 0 Å². The van der Waals surface area contributed by atoms with E-state index in [0.29, 0.717) is 0 Å². The van der Waals surface area contributed by atoms with Gasteiger partial charge in [0.25, 0.3) is 0 Å². The van der Waals surface area contributed by atoms with Crippen molar-refractivity contribution in [3.05, 3.63) is 34.3 Å². The number of hydrogen-bond acceptors (Lipinski definition) is 2. The molecule has 0 N–H and O–H groups in total. The van der Waals surface area contributed by atoms with Crippen LogP contribution in [0, 0.1) is 0 Å². The maximum absolute atomic E-state index is 3.52. The number of nitrogens with zero attached hydrogens (tertiary/aromatic N) is 1. The van der Waals surface area contributed by atoms with Gasteiger partial charge in [-0.3, -0.25) is 4.90 Å². The molecule has 1 aromatic carbocycles. The van der Waals surface area contributed by atoms with Gasteiger partial charge in [0.1, 0.15) is 0 Å². The Labute approximate surface area is 103 Å². The predicted octanol–water partition coefficient (Wildman–Crippen LogP) is 3.14. The molecule has 3 aliphatic rings. The third kappa shape index (κ3) is 2.24. The molecule has 0 aliphatic carbocycles. The van der Waals surface area contributed by atoms with Crippen LogP contribution >= 0.6 is 27.7 Å². The van der Waals surface area contributed by atoms with E-state index in [0.717, 1.165) is 17.0 Å². The Balaban J connectivity index is 1.65. The van der Waals surface area contributed by atoms with Gasteiger partial charge in [0.05, 0.1) is 0 Å². The van der Waals surface area contributed by atoms with Gasteiger partial charge in [-0.05, 0) is 24.1 Å². The first-order valence-electron chi connectivity index (χ1n) is 5.42. The van der Waals surface area contributed by atoms with E-state index in [1.807, 2.05) is 0 Å². The molecule has 0 radical (unpaired) electrons. The van der Waals surface area contributed by atoms with E-state index in [1.54, 1.807) is 0 Å². The van der Waals surface area contributed by atoms with Crippen molar-refractivity contribution in [2.45, 2.75) is 23.5 Å². The molecule has 0 saturated carbocycles. The maximum atomic E-state index is 3.52. The maximum Gasteiger partial charge on any atom is 0.0235 e. The van der Waals surface area contributed by atoms with E-state index in [2.05, 4.69) is 56.9 Å². The van der Waals surface area contributed by atoms with Crippen molar-refractivity contribution in [2.24, 2.45) is 0 Å². The molecule has 0 amide bonds. The summed E-state index contributed by atoms with van der Waals surface area (Å²) in [7, 11) is 0. The summed E-state index contributed by atoms with van der Waals surface area (Å²) in [6, 6.07) is 8.66. The second-order valence-electron chi connectivity index (χ2n) is 4.44. The summed E-state index contributed by atoms with van der Waals surface area (Å²) < 4.78 is 1.19. The molecule has 4 rings (SSSR count). The van der Waals surface area contributed by atoms with Crippen LogP contribution in [0.25, 0.3) is 0 Å². The number of rotatable bonds is 2. The molecule has 3 heteroatoms. The topological polar surface area (TPSA) is 3.24 Å². The average Bonchev–Trinajstić information content (AvgIpc) is 2.16. The van der Waals surface area contributed by atoms with E-state index in [-0.39, 0.29) is 0 Å². The third-order valence-electron chi connectivity index (χ3n) is 3.13. The lowest BCUT2D eigenvalue weighted by atomic mass is 10.1. The van der Waals surface area contributed by atoms with Gasteiger partial charge in [-0.25, -0.2) is 0 Å². The Morgan fingerprint density at radius 3 is 2.73 bits per heavy atom. The number of benzene rings is 1. The first-order chi connectivity index (χ1) is 7.29. The Morgan fingerprint density at radius 2 is 2.07 bits per heavy atom. The lowest BCUT2D eigenvalue weighted by Gasteiger charge is -2.46. The summed E-state index contributed by atoms with van der Waals surface area (Å²) >= 11 is 5.71. The molecule has 15 heavy (non-hydrogen) atoms. The van der Waals surface area contributed by atoms with Crippen LogP contribution in [0.5, 0.6) is 0 Å². The minimum Gasteiger partial charge on any atom is -0.297 e. The van der Waals surface area contributed by atoms with Gasteiger partial charge in [0.15, 0.2) is 0 Å². The lowest BCUT2D eigenvalue weighted by Crippen LogP contribution is -2.50. The van der Waals surface area contributed by atoms with Crippen molar-refractivity contribution in [3.63, 3.8) is 0 Å². The summed E-state index contributed by atoms with van der Waals surface area (Å²) in [6.45, 7) is 3.69. The monoisotopic (exact) mass is 283 g/mol. The minimum absolute atomic E-state index is 0.927. The standard InChI is InChI=1S/C12H14BrNS/c13-10-3-1-2-9(4-10)6-14-7-11-5-12(8-14)15-11/h1-4,11-12H,5-8H2. The van der Waals surface area contributed by atoms with Crippen molar-refractivity contribution in [3.8, 4) is 0 Å². The highest BCUT2D eigenvalue weighted by Gasteiger charge is 2.37. The van der Waals surface area contributed by atoms with Crippen LogP contribution in [-0.2, 0) is 6.54 Å². The zero-order valence-corrected chi connectivity index (χ0v) is 10.9. The summed E-state index contributed by atoms with van der Waals surface area (Å²) in [5.41, 5.74) is 1.43. The highest BCUT2D eigenvalue weighted by Crippen LogP contribution is 2.41. The van der Waals surface area contributed by atoms with Crippen molar-refractivity contribution < 1.29 is 0 Å². The van der Waals surface area contributed by atoms with Gasteiger partial charge in [-0.15, -0.1) is 0 Å². The van der Waals surface area contributed by atoms with Crippen LogP contribution in [0.3, 0.4) is 0 Å². The highest BCUT2D eigenvalue weighted by molar-refractivity contribution is 9.10. The van der Waals surface area contributed by atoms with Gasteiger partial charge in [-0.1, -0.05) is 28.1 Å². The van der Waals surface area contributed by atoms with Gasteiger partial charge in [-0.2, -0.15) is 11.8 Å². The van der Waals surface area contributed by atoms with E-state index in [9.17, 15) is 0 Å². The van der Waals surface area contributed by atoms with E-state index in [1.165, 1.54) is 29.5 Å². The van der Waals surface area contributed by atoms with E-state index in [4.69, 9.17) is 0 Å². The smallest absolute Gasteiger partial charge is 0.0235 e. The van der Waals surface area contributed by atoms with Crippen molar-refractivity contribution in [1.29, 1.82) is 0 Å². The molecular formula is C12H14BrNS. The molecule has 80 valence electrons. The molecule has 0 aromatic heterocycles. The Morgan fingerprint density at radius 1 is 1.33 bits per heavy atom. The largest absolute Gasteiger partial charge is 0.297 e. The molecule has 1 nitrogen and oxygen atoms in total. The molecule has 3 fully saturated rings. The van der Waals surface area contributed by atoms with Crippen LogP contribution in [0.1, 0.15) is 12.0 Å². The van der Waals surface area contributed by atoms with Crippen LogP contribution in [0.4, 0.5) is 0 Å². The van der Waals surface area contributed by atoms with Gasteiger partial charge < -0.3 is 0 Å². The molecule has 3 heterocycles. The first-order valence-corrected chi connectivity index (χ1v) is 7.15. The first kappa shape index (κ1) is 10.2. The average molecular weight is 284 g/mol. The number of hydrogen-bond donors (Lipinski definition) is 0. The van der Waals surface area contributed by atoms with Crippen molar-refractivity contribution >= 4 is 27.7 Å². The number of fused-ring (bicyclic) bond motifs is 2. The molecule has 3 aliphatic heterocycles. The van der Waals surface area contributed by atoms with Crippen molar-refractivity contribution in [1.82, 2.24) is 4.90 Å². The molecule has 0 spiro atoms. The molecular weight excluding hydrogens is 270 g/mol. The molecule has 2 bridgehead atoms. The zero-order valence-electron chi connectivity index (χ0n) is 8.53. The highest BCUT2D eigenvalue weighted by atomic mass is 79.9. The molecule has 2 atom stereocenters. The summed E-state index contributed by atoms with van der Waals surface area (Å²) in [6.07, 6.45) is 1.46. The number of thioether (sulfide) groups is 1. The van der Waals surface area contributed by atoms with Gasteiger partial charge in [0, 0.05) is 34.6 Å². The van der Waals surface area contributed by atoms with Crippen molar-refractivity contribution in [2.75, 3.05) is 13.1 Å². The SMILES string of the molecule is Brc1cccc(CN2CC3CC(C2)S3)c1.